The fourth-order valence-corrected chi connectivity index (χ4v) is 3.42. The first-order valence-corrected chi connectivity index (χ1v) is 9.68. The molecule has 1 aliphatic rings. The predicted octanol–water partition coefficient (Wildman–Crippen LogP) is 4.26. The number of nitrogens with one attached hydrogen (secondary N) is 1. The monoisotopic (exact) mass is 416 g/mol. The van der Waals surface area contributed by atoms with E-state index < -0.39 is 28.9 Å². The van der Waals surface area contributed by atoms with Gasteiger partial charge < -0.3 is 10.1 Å². The third-order valence-electron chi connectivity index (χ3n) is 4.20. The molecule has 0 bridgehead atoms. The largest absolute Gasteiger partial charge is 0.476 e. The quantitative estimate of drug-likeness (QED) is 0.704. The van der Waals surface area contributed by atoms with Crippen LogP contribution in [0.15, 0.2) is 22.8 Å². The summed E-state index contributed by atoms with van der Waals surface area (Å²) < 4.78 is 45.4. The molecule has 0 aliphatic carbocycles. The number of hydrogen-bond donors (Lipinski definition) is 1. The Morgan fingerprint density at radius 3 is 2.39 bits per heavy atom. The van der Waals surface area contributed by atoms with Gasteiger partial charge in [0.25, 0.3) is 5.91 Å². The Labute approximate surface area is 166 Å². The summed E-state index contributed by atoms with van der Waals surface area (Å²) in [6.07, 6.45) is 0. The predicted molar refractivity (Wildman–Crippen MR) is 102 cm³/mol. The van der Waals surface area contributed by atoms with Gasteiger partial charge in [-0.2, -0.15) is 0 Å². The topological polar surface area (TPSA) is 58.6 Å². The van der Waals surface area contributed by atoms with E-state index in [0.717, 1.165) is 0 Å². The number of rotatable bonds is 6. The lowest BCUT2D eigenvalue weighted by atomic mass is 10.0. The van der Waals surface area contributed by atoms with Crippen LogP contribution in [0, 0.1) is 23.4 Å². The highest BCUT2D eigenvalue weighted by atomic mass is 32.2. The van der Waals surface area contributed by atoms with Crippen LogP contribution in [0.2, 0.25) is 0 Å². The second-order valence-electron chi connectivity index (χ2n) is 7.36. The van der Waals surface area contributed by atoms with Crippen LogP contribution in [0.5, 0.6) is 0 Å². The summed E-state index contributed by atoms with van der Waals surface area (Å²) in [7, 11) is 0. The number of halogens is 3. The number of carbonyl (C=O) groups excluding carboxylic acids is 2. The van der Waals surface area contributed by atoms with Gasteiger partial charge in [-0.05, 0) is 26.7 Å². The van der Waals surface area contributed by atoms with Crippen molar-refractivity contribution in [2.24, 2.45) is 5.92 Å². The van der Waals surface area contributed by atoms with Gasteiger partial charge in [-0.25, -0.2) is 13.2 Å². The lowest BCUT2D eigenvalue weighted by molar-refractivity contribution is -0.148. The molecule has 9 heteroatoms. The minimum Gasteiger partial charge on any atom is -0.476 e. The molecule has 1 aromatic carbocycles. The van der Waals surface area contributed by atoms with Gasteiger partial charge in [0.15, 0.2) is 24.2 Å². The van der Waals surface area contributed by atoms with Crippen molar-refractivity contribution in [3.05, 3.63) is 40.2 Å². The molecule has 154 valence electrons. The van der Waals surface area contributed by atoms with Gasteiger partial charge in [0.2, 0.25) is 5.91 Å². The first kappa shape index (κ1) is 22.1. The molecule has 2 rings (SSSR count). The Morgan fingerprint density at radius 1 is 1.29 bits per heavy atom. The van der Waals surface area contributed by atoms with E-state index in [1.807, 2.05) is 13.8 Å². The zero-order chi connectivity index (χ0) is 21.2. The average molecular weight is 416 g/mol. The number of thioether (sulfide) groups is 1. The molecule has 0 fully saturated rings. The number of benzene rings is 1. The van der Waals surface area contributed by atoms with Crippen molar-refractivity contribution in [2.45, 2.75) is 40.2 Å². The molecule has 0 aromatic heterocycles. The summed E-state index contributed by atoms with van der Waals surface area (Å²) in [6.45, 7) is 8.58. The van der Waals surface area contributed by atoms with Gasteiger partial charge in [-0.1, -0.05) is 13.8 Å². The molecule has 1 aliphatic heterocycles. The van der Waals surface area contributed by atoms with Gasteiger partial charge >= 0.3 is 0 Å². The maximum Gasteiger partial charge on any atom is 0.267 e. The van der Waals surface area contributed by atoms with Crippen molar-refractivity contribution in [3.8, 4) is 0 Å². The Kier molecular flexibility index (Phi) is 6.69. The van der Waals surface area contributed by atoms with E-state index in [-0.39, 0.29) is 18.3 Å². The highest BCUT2D eigenvalue weighted by Gasteiger charge is 2.42. The summed E-state index contributed by atoms with van der Waals surface area (Å²) >= 11 is 1.35. The summed E-state index contributed by atoms with van der Waals surface area (Å²) in [6, 6.07) is 1.35. The molecule has 5 nitrogen and oxygen atoms in total. The van der Waals surface area contributed by atoms with Crippen molar-refractivity contribution < 1.29 is 27.5 Å². The molecule has 0 saturated heterocycles. The molecule has 0 spiro atoms. The highest BCUT2D eigenvalue weighted by Crippen LogP contribution is 2.32. The lowest BCUT2D eigenvalue weighted by Gasteiger charge is -2.40. The smallest absolute Gasteiger partial charge is 0.267 e. The van der Waals surface area contributed by atoms with Crippen molar-refractivity contribution in [1.82, 2.24) is 4.90 Å². The maximum atomic E-state index is 13.4. The number of nitrogens with zero attached hydrogens (tertiary/aromatic N) is 1. The standard InChI is InChI=1S/C19H23F3N2O3S/c1-10(2)8-28-16-11(3)27-9-24(17(16)25)19(4,5)18(26)23-12-6-13(20)15(22)14(21)7-12/h6-7,10H,8-9H2,1-5H3,(H,23,26). The molecule has 0 atom stereocenters. The van der Waals surface area contributed by atoms with E-state index in [0.29, 0.717) is 34.5 Å². The van der Waals surface area contributed by atoms with Gasteiger partial charge in [0.05, 0.1) is 0 Å². The van der Waals surface area contributed by atoms with Crippen molar-refractivity contribution in [1.29, 1.82) is 0 Å². The van der Waals surface area contributed by atoms with Crippen LogP contribution < -0.4 is 5.32 Å². The maximum absolute atomic E-state index is 13.4. The van der Waals surface area contributed by atoms with Gasteiger partial charge in [-0.15, -0.1) is 11.8 Å². The average Bonchev–Trinajstić information content (AvgIpc) is 2.58. The molecule has 1 N–H and O–H groups in total. The Bertz CT molecular complexity index is 802. The second kappa shape index (κ2) is 8.46. The first-order chi connectivity index (χ1) is 12.9. The molecule has 0 radical (unpaired) electrons. The zero-order valence-corrected chi connectivity index (χ0v) is 17.2. The fraction of sp³-hybridized carbons (Fsp3) is 0.474. The Balaban J connectivity index is 2.21. The molecule has 1 aromatic rings. The van der Waals surface area contributed by atoms with Crippen LogP contribution in [0.25, 0.3) is 0 Å². The van der Waals surface area contributed by atoms with E-state index in [2.05, 4.69) is 5.32 Å². The molecular formula is C19H23F3N2O3S. The molecule has 2 amide bonds. The van der Waals surface area contributed by atoms with Crippen LogP contribution >= 0.6 is 11.8 Å². The van der Waals surface area contributed by atoms with E-state index >= 15 is 0 Å². The van der Waals surface area contributed by atoms with Crippen molar-refractivity contribution >= 4 is 29.3 Å². The minimum absolute atomic E-state index is 0.136. The molecule has 0 unspecified atom stereocenters. The van der Waals surface area contributed by atoms with Crippen LogP contribution in [-0.2, 0) is 14.3 Å². The molecule has 0 saturated carbocycles. The number of carbonyl (C=O) groups is 2. The Hall–Kier alpha value is -2.16. The van der Waals surface area contributed by atoms with Gasteiger partial charge in [0.1, 0.15) is 16.2 Å². The number of allylic oxidation sites excluding steroid dienone is 1. The number of amides is 2. The number of anilines is 1. The molecular weight excluding hydrogens is 393 g/mol. The van der Waals surface area contributed by atoms with Gasteiger partial charge in [-0.3, -0.25) is 14.5 Å². The van der Waals surface area contributed by atoms with Crippen LogP contribution in [0.1, 0.15) is 34.6 Å². The third kappa shape index (κ3) is 4.63. The number of ether oxygens (including phenoxy) is 1. The molecule has 28 heavy (non-hydrogen) atoms. The van der Waals surface area contributed by atoms with Crippen LogP contribution in [0.3, 0.4) is 0 Å². The lowest BCUT2D eigenvalue weighted by Crippen LogP contribution is -2.57. The zero-order valence-electron chi connectivity index (χ0n) is 16.4. The first-order valence-electron chi connectivity index (χ1n) is 8.69. The van der Waals surface area contributed by atoms with E-state index in [1.165, 1.54) is 30.5 Å². The SMILES string of the molecule is CC1=C(SCC(C)C)C(=O)N(C(C)(C)C(=O)Nc2cc(F)c(F)c(F)c2)CO1. The minimum atomic E-state index is -1.62. The highest BCUT2D eigenvalue weighted by molar-refractivity contribution is 8.04. The summed E-state index contributed by atoms with van der Waals surface area (Å²) in [5, 5.41) is 2.33. The van der Waals surface area contributed by atoms with E-state index in [9.17, 15) is 22.8 Å². The van der Waals surface area contributed by atoms with Crippen molar-refractivity contribution in [3.63, 3.8) is 0 Å². The van der Waals surface area contributed by atoms with Crippen LogP contribution in [-0.4, -0.2) is 34.7 Å². The Morgan fingerprint density at radius 2 is 1.86 bits per heavy atom. The summed E-state index contributed by atoms with van der Waals surface area (Å²) in [5.41, 5.74) is -1.64. The van der Waals surface area contributed by atoms with E-state index in [1.54, 1.807) is 6.92 Å². The second-order valence-corrected chi connectivity index (χ2v) is 8.39. The normalized spacial score (nSPS) is 15.2. The summed E-state index contributed by atoms with van der Waals surface area (Å²) in [5.74, 6) is -3.96. The van der Waals surface area contributed by atoms with Crippen molar-refractivity contribution in [2.75, 3.05) is 17.8 Å². The molecule has 1 heterocycles. The van der Waals surface area contributed by atoms with E-state index in [4.69, 9.17) is 4.74 Å². The summed E-state index contributed by atoms with van der Waals surface area (Å²) in [4.78, 5) is 27.3. The van der Waals surface area contributed by atoms with Crippen LogP contribution in [0.4, 0.5) is 18.9 Å². The fourth-order valence-electron chi connectivity index (χ4n) is 2.42. The third-order valence-corrected chi connectivity index (χ3v) is 5.79. The number of hydrogen-bond acceptors (Lipinski definition) is 4. The van der Waals surface area contributed by atoms with Gasteiger partial charge in [0, 0.05) is 23.6 Å².